The second-order valence-electron chi connectivity index (χ2n) is 9.55. The molecule has 10 nitrogen and oxygen atoms in total. The molecule has 4 N–H and O–H groups in total. The van der Waals surface area contributed by atoms with Gasteiger partial charge in [-0.15, -0.1) is 0 Å². The van der Waals surface area contributed by atoms with Crippen molar-refractivity contribution < 1.29 is 13.9 Å². The number of amides is 1. The first kappa shape index (κ1) is 25.5. The molecular formula is C27H32FN7O3. The molecule has 0 spiro atoms. The Morgan fingerprint density at radius 3 is 2.74 bits per heavy atom. The Bertz CT molecular complexity index is 1400. The van der Waals surface area contributed by atoms with Gasteiger partial charge in [0, 0.05) is 43.6 Å². The Balaban J connectivity index is 1.35. The van der Waals surface area contributed by atoms with Gasteiger partial charge in [0.2, 0.25) is 5.88 Å². The maximum atomic E-state index is 15.0. The zero-order valence-electron chi connectivity index (χ0n) is 21.7. The molecule has 38 heavy (non-hydrogen) atoms. The van der Waals surface area contributed by atoms with E-state index in [0.29, 0.717) is 29.5 Å². The standard InChI is InChI=1S/C27H32FN7O3/c1-4-34-9-11-35(12-10-34)22-6-5-18(13-19(22)28)32-26(37)23-20(7-8-29-25(23)36)33-21-15-31-27-24(17(21)3)30-14-16(2)38-27/h5-8,13,15-16,30H,4,9-12,14H2,1-3H3,(H,32,37)(H2,29,33,36). The van der Waals surface area contributed by atoms with E-state index in [0.717, 1.165) is 44.0 Å². The van der Waals surface area contributed by atoms with Gasteiger partial charge in [0.25, 0.3) is 11.5 Å². The lowest BCUT2D eigenvalue weighted by Crippen LogP contribution is -2.46. The van der Waals surface area contributed by atoms with Crippen molar-refractivity contribution in [3.8, 4) is 5.88 Å². The predicted octanol–water partition coefficient (Wildman–Crippen LogP) is 3.55. The summed E-state index contributed by atoms with van der Waals surface area (Å²) in [7, 11) is 0. The normalized spacial score (nSPS) is 17.3. The number of fused-ring (bicyclic) bond motifs is 1. The number of halogens is 1. The third-order valence-electron chi connectivity index (χ3n) is 7.01. The van der Waals surface area contributed by atoms with Crippen LogP contribution in [0.3, 0.4) is 0 Å². The molecule has 1 saturated heterocycles. The van der Waals surface area contributed by atoms with E-state index < -0.39 is 17.3 Å². The zero-order valence-corrected chi connectivity index (χ0v) is 21.7. The number of hydrogen-bond acceptors (Lipinski definition) is 8. The van der Waals surface area contributed by atoms with Crippen LogP contribution < -0.4 is 31.1 Å². The maximum Gasteiger partial charge on any atom is 0.263 e. The zero-order chi connectivity index (χ0) is 26.8. The largest absolute Gasteiger partial charge is 0.471 e. The predicted molar refractivity (Wildman–Crippen MR) is 147 cm³/mol. The number of piperazine rings is 1. The number of carbonyl (C=O) groups is 1. The smallest absolute Gasteiger partial charge is 0.263 e. The Hall–Kier alpha value is -4.12. The molecule has 4 heterocycles. The number of aromatic amines is 1. The van der Waals surface area contributed by atoms with Gasteiger partial charge in [-0.25, -0.2) is 9.37 Å². The lowest BCUT2D eigenvalue weighted by molar-refractivity contribution is 0.102. The quantitative estimate of drug-likeness (QED) is 0.390. The molecule has 0 radical (unpaired) electrons. The van der Waals surface area contributed by atoms with Gasteiger partial charge in [-0.1, -0.05) is 6.92 Å². The van der Waals surface area contributed by atoms with Crippen LogP contribution in [0.1, 0.15) is 29.8 Å². The molecule has 1 fully saturated rings. The Morgan fingerprint density at radius 2 is 2.00 bits per heavy atom. The molecular weight excluding hydrogens is 489 g/mol. The molecule has 1 aromatic carbocycles. The van der Waals surface area contributed by atoms with Crippen LogP contribution >= 0.6 is 0 Å². The highest BCUT2D eigenvalue weighted by Crippen LogP contribution is 2.35. The number of nitrogens with one attached hydrogen (secondary N) is 4. The summed E-state index contributed by atoms with van der Waals surface area (Å²) >= 11 is 0. The minimum Gasteiger partial charge on any atom is -0.471 e. The number of rotatable bonds is 6. The summed E-state index contributed by atoms with van der Waals surface area (Å²) in [5.74, 6) is -0.571. The van der Waals surface area contributed by atoms with Gasteiger partial charge in [-0.3, -0.25) is 9.59 Å². The van der Waals surface area contributed by atoms with Crippen molar-refractivity contribution in [3.63, 3.8) is 0 Å². The van der Waals surface area contributed by atoms with Gasteiger partial charge in [-0.05, 0) is 44.7 Å². The summed E-state index contributed by atoms with van der Waals surface area (Å²) in [5, 5.41) is 9.14. The number of H-pyrrole nitrogens is 1. The van der Waals surface area contributed by atoms with Crippen LogP contribution in [0, 0.1) is 12.7 Å². The first-order valence-electron chi connectivity index (χ1n) is 12.8. The van der Waals surface area contributed by atoms with Gasteiger partial charge in [-0.2, -0.15) is 0 Å². The second-order valence-corrected chi connectivity index (χ2v) is 9.55. The van der Waals surface area contributed by atoms with Crippen molar-refractivity contribution in [1.82, 2.24) is 14.9 Å². The molecule has 0 saturated carbocycles. The van der Waals surface area contributed by atoms with Crippen LogP contribution in [0.4, 0.5) is 32.8 Å². The molecule has 0 bridgehead atoms. The average molecular weight is 522 g/mol. The SMILES string of the molecule is CCN1CCN(c2ccc(NC(=O)c3c(Nc4cnc5c(c4C)NCC(C)O5)cc[nH]c3=O)cc2F)CC1. The number of pyridine rings is 2. The Kier molecular flexibility index (Phi) is 7.19. The number of hydrogen-bond donors (Lipinski definition) is 4. The van der Waals surface area contributed by atoms with Crippen LogP contribution in [0.15, 0.2) is 41.5 Å². The van der Waals surface area contributed by atoms with E-state index >= 15 is 4.39 Å². The highest BCUT2D eigenvalue weighted by atomic mass is 19.1. The summed E-state index contributed by atoms with van der Waals surface area (Å²) in [4.78, 5) is 37.2. The fourth-order valence-corrected chi connectivity index (χ4v) is 4.77. The molecule has 2 aliphatic rings. The van der Waals surface area contributed by atoms with E-state index in [9.17, 15) is 9.59 Å². The molecule has 5 rings (SSSR count). The van der Waals surface area contributed by atoms with Crippen LogP contribution in [-0.4, -0.2) is 66.1 Å². The third-order valence-corrected chi connectivity index (χ3v) is 7.01. The Morgan fingerprint density at radius 1 is 1.21 bits per heavy atom. The van der Waals surface area contributed by atoms with Crippen molar-refractivity contribution in [2.45, 2.75) is 26.9 Å². The van der Waals surface area contributed by atoms with Gasteiger partial charge in [0.05, 0.1) is 29.8 Å². The van der Waals surface area contributed by atoms with Gasteiger partial charge in [0.1, 0.15) is 23.2 Å². The summed E-state index contributed by atoms with van der Waals surface area (Å²) in [6.45, 7) is 10.8. The molecule has 200 valence electrons. The topological polar surface area (TPSA) is 115 Å². The van der Waals surface area contributed by atoms with Crippen molar-refractivity contribution in [1.29, 1.82) is 0 Å². The number of benzene rings is 1. The summed E-state index contributed by atoms with van der Waals surface area (Å²) in [6, 6.07) is 6.20. The van der Waals surface area contributed by atoms with E-state index in [4.69, 9.17) is 4.74 Å². The molecule has 1 unspecified atom stereocenters. The fraction of sp³-hybridized carbons (Fsp3) is 0.370. The minimum atomic E-state index is -0.656. The van der Waals surface area contributed by atoms with Crippen molar-refractivity contribution in [3.05, 3.63) is 64.0 Å². The number of nitrogens with zero attached hydrogens (tertiary/aromatic N) is 3. The molecule has 2 aromatic heterocycles. The summed E-state index contributed by atoms with van der Waals surface area (Å²) in [6.07, 6.45) is 3.06. The van der Waals surface area contributed by atoms with Gasteiger partial charge in [0.15, 0.2) is 0 Å². The number of carbonyl (C=O) groups excluding carboxylic acids is 1. The molecule has 1 amide bonds. The van der Waals surface area contributed by atoms with Crippen LogP contribution in [0.25, 0.3) is 0 Å². The first-order chi connectivity index (χ1) is 18.3. The van der Waals surface area contributed by atoms with Crippen LogP contribution in [-0.2, 0) is 0 Å². The van der Waals surface area contributed by atoms with E-state index in [1.54, 1.807) is 24.4 Å². The van der Waals surface area contributed by atoms with Crippen LogP contribution in [0.2, 0.25) is 0 Å². The summed E-state index contributed by atoms with van der Waals surface area (Å²) < 4.78 is 20.8. The van der Waals surface area contributed by atoms with Gasteiger partial charge < -0.3 is 35.5 Å². The Labute approximate surface area is 220 Å². The number of likely N-dealkylation sites (N-methyl/N-ethyl adjacent to an activating group) is 1. The number of ether oxygens (including phenoxy) is 1. The molecule has 2 aliphatic heterocycles. The summed E-state index contributed by atoms with van der Waals surface area (Å²) in [5.41, 5.74) is 2.59. The van der Waals surface area contributed by atoms with E-state index in [-0.39, 0.29) is 17.4 Å². The number of anilines is 5. The second kappa shape index (κ2) is 10.7. The van der Waals surface area contributed by atoms with E-state index in [1.807, 2.05) is 18.7 Å². The number of aromatic nitrogens is 2. The lowest BCUT2D eigenvalue weighted by atomic mass is 10.1. The minimum absolute atomic E-state index is 0.00127. The lowest BCUT2D eigenvalue weighted by Gasteiger charge is -2.35. The van der Waals surface area contributed by atoms with Crippen molar-refractivity contribution >= 4 is 34.3 Å². The van der Waals surface area contributed by atoms with E-state index in [1.165, 1.54) is 12.3 Å². The highest BCUT2D eigenvalue weighted by molar-refractivity contribution is 6.08. The molecule has 11 heteroatoms. The molecule has 0 aliphatic carbocycles. The third kappa shape index (κ3) is 5.14. The van der Waals surface area contributed by atoms with Crippen molar-refractivity contribution in [2.24, 2.45) is 0 Å². The average Bonchev–Trinajstić information content (AvgIpc) is 2.90. The van der Waals surface area contributed by atoms with Crippen LogP contribution in [0.5, 0.6) is 5.88 Å². The monoisotopic (exact) mass is 521 g/mol. The fourth-order valence-electron chi connectivity index (χ4n) is 4.77. The highest BCUT2D eigenvalue weighted by Gasteiger charge is 2.23. The van der Waals surface area contributed by atoms with Gasteiger partial charge >= 0.3 is 0 Å². The van der Waals surface area contributed by atoms with E-state index in [2.05, 4.69) is 37.7 Å². The maximum absolute atomic E-state index is 15.0. The molecule has 1 atom stereocenters. The first-order valence-corrected chi connectivity index (χ1v) is 12.8. The van der Waals surface area contributed by atoms with Crippen molar-refractivity contribution in [2.75, 3.05) is 60.1 Å². The molecule has 3 aromatic rings.